The lowest BCUT2D eigenvalue weighted by molar-refractivity contribution is -0.126. The number of nitrogens with one attached hydrogen (secondary N) is 1. The molecule has 178 valence electrons. The number of amides is 2. The van der Waals surface area contributed by atoms with Crippen molar-refractivity contribution >= 4 is 11.8 Å². The monoisotopic (exact) mass is 453 g/mol. The molecule has 1 saturated carbocycles. The molecule has 1 N–H and O–H groups in total. The van der Waals surface area contributed by atoms with Gasteiger partial charge in [-0.05, 0) is 75.6 Å². The summed E-state index contributed by atoms with van der Waals surface area (Å²) in [4.78, 5) is 29.7. The number of carbonyl (C=O) groups is 2. The predicted octanol–water partition coefficient (Wildman–Crippen LogP) is 3.24. The maximum atomic E-state index is 13.0. The Morgan fingerprint density at radius 2 is 1.94 bits per heavy atom. The SMILES string of the molecule is C=C1CCC(N2Cc3cc(O[C@H]4CCC[C@H]4N4CCC(C)(OC)CC4)ccc3C2=O)C(=O)N1. The van der Waals surface area contributed by atoms with Crippen LogP contribution in [0.5, 0.6) is 5.75 Å². The van der Waals surface area contributed by atoms with Crippen molar-refractivity contribution in [3.63, 3.8) is 0 Å². The number of methoxy groups -OCH3 is 1. The molecule has 2 amide bonds. The molecule has 0 bridgehead atoms. The van der Waals surface area contributed by atoms with E-state index < -0.39 is 6.04 Å². The molecular formula is C26H35N3O4. The van der Waals surface area contributed by atoms with Crippen LogP contribution in [0.25, 0.3) is 0 Å². The zero-order valence-electron chi connectivity index (χ0n) is 19.8. The lowest BCUT2D eigenvalue weighted by Crippen LogP contribution is -2.51. The topological polar surface area (TPSA) is 71.1 Å². The highest BCUT2D eigenvalue weighted by atomic mass is 16.5. The first-order valence-electron chi connectivity index (χ1n) is 12.3. The molecule has 33 heavy (non-hydrogen) atoms. The van der Waals surface area contributed by atoms with Crippen LogP contribution in [0.1, 0.15) is 67.8 Å². The van der Waals surface area contributed by atoms with Gasteiger partial charge in [-0.1, -0.05) is 6.58 Å². The number of fused-ring (bicyclic) bond motifs is 1. The lowest BCUT2D eigenvalue weighted by Gasteiger charge is -2.42. The third-order valence-electron chi connectivity index (χ3n) is 8.13. The third-order valence-corrected chi connectivity index (χ3v) is 8.13. The number of hydrogen-bond acceptors (Lipinski definition) is 5. The van der Waals surface area contributed by atoms with Crippen LogP contribution in [0.2, 0.25) is 0 Å². The van der Waals surface area contributed by atoms with Gasteiger partial charge in [0, 0.05) is 44.0 Å². The van der Waals surface area contributed by atoms with Crippen LogP contribution >= 0.6 is 0 Å². The molecule has 4 aliphatic rings. The summed E-state index contributed by atoms with van der Waals surface area (Å²) >= 11 is 0. The largest absolute Gasteiger partial charge is 0.489 e. The van der Waals surface area contributed by atoms with Gasteiger partial charge in [-0.15, -0.1) is 0 Å². The van der Waals surface area contributed by atoms with E-state index in [0.717, 1.165) is 55.8 Å². The zero-order valence-corrected chi connectivity index (χ0v) is 19.8. The van der Waals surface area contributed by atoms with Crippen molar-refractivity contribution in [2.24, 2.45) is 0 Å². The smallest absolute Gasteiger partial charge is 0.255 e. The first-order valence-corrected chi connectivity index (χ1v) is 12.3. The van der Waals surface area contributed by atoms with Gasteiger partial charge >= 0.3 is 0 Å². The molecule has 7 nitrogen and oxygen atoms in total. The minimum absolute atomic E-state index is 0.00761. The second-order valence-corrected chi connectivity index (χ2v) is 10.2. The van der Waals surface area contributed by atoms with Crippen LogP contribution in [0.15, 0.2) is 30.5 Å². The average molecular weight is 454 g/mol. The molecule has 2 saturated heterocycles. The predicted molar refractivity (Wildman–Crippen MR) is 125 cm³/mol. The first kappa shape index (κ1) is 22.4. The zero-order chi connectivity index (χ0) is 23.2. The molecule has 1 aromatic rings. The van der Waals surface area contributed by atoms with E-state index in [1.165, 1.54) is 6.42 Å². The molecule has 3 aliphatic heterocycles. The maximum absolute atomic E-state index is 13.0. The number of nitrogens with zero attached hydrogens (tertiary/aromatic N) is 2. The van der Waals surface area contributed by atoms with Gasteiger partial charge in [0.2, 0.25) is 5.91 Å². The van der Waals surface area contributed by atoms with Crippen molar-refractivity contribution in [2.75, 3.05) is 20.2 Å². The second-order valence-electron chi connectivity index (χ2n) is 10.2. The first-order chi connectivity index (χ1) is 15.9. The number of likely N-dealkylation sites (tertiary alicyclic amines) is 1. The van der Waals surface area contributed by atoms with Gasteiger partial charge in [0.15, 0.2) is 0 Å². The van der Waals surface area contributed by atoms with Crippen molar-refractivity contribution < 1.29 is 19.1 Å². The third kappa shape index (κ3) is 4.28. The standard InChI is InChI=1S/C26H35N3O4/c1-17-7-10-22(24(30)27-17)29-16-18-15-19(8-9-20(18)25(29)31)33-23-6-4-5-21(23)28-13-11-26(2,32-3)12-14-28/h8-9,15,21-23H,1,4-7,10-14,16H2,2-3H3,(H,27,30)/t21-,22?,23+/m1/s1. The van der Waals surface area contributed by atoms with E-state index in [-0.39, 0.29) is 23.5 Å². The van der Waals surface area contributed by atoms with Gasteiger partial charge in [0.1, 0.15) is 17.9 Å². The van der Waals surface area contributed by atoms with E-state index in [9.17, 15) is 9.59 Å². The average Bonchev–Trinajstić information content (AvgIpc) is 3.39. The van der Waals surface area contributed by atoms with Crippen LogP contribution in [-0.2, 0) is 16.1 Å². The van der Waals surface area contributed by atoms with Gasteiger partial charge in [-0.25, -0.2) is 0 Å². The van der Waals surface area contributed by atoms with E-state index in [4.69, 9.17) is 9.47 Å². The fraction of sp³-hybridized carbons (Fsp3) is 0.615. The van der Waals surface area contributed by atoms with Crippen molar-refractivity contribution in [2.45, 2.75) is 82.2 Å². The summed E-state index contributed by atoms with van der Waals surface area (Å²) in [6.07, 6.45) is 6.97. The Labute approximate surface area is 196 Å². The number of rotatable bonds is 5. The van der Waals surface area contributed by atoms with E-state index in [0.29, 0.717) is 31.0 Å². The van der Waals surface area contributed by atoms with E-state index in [2.05, 4.69) is 23.7 Å². The summed E-state index contributed by atoms with van der Waals surface area (Å²) in [5.41, 5.74) is 2.34. The normalized spacial score (nSPS) is 29.8. The molecule has 0 aromatic heterocycles. The molecule has 1 unspecified atom stereocenters. The van der Waals surface area contributed by atoms with Crippen molar-refractivity contribution in [1.29, 1.82) is 0 Å². The summed E-state index contributed by atoms with van der Waals surface area (Å²) in [6.45, 7) is 8.57. The van der Waals surface area contributed by atoms with Crippen molar-refractivity contribution in [3.8, 4) is 5.75 Å². The Kier molecular flexibility index (Phi) is 5.95. The molecule has 0 spiro atoms. The second kappa shape index (κ2) is 8.76. The van der Waals surface area contributed by atoms with Gasteiger partial charge in [-0.2, -0.15) is 0 Å². The highest BCUT2D eigenvalue weighted by Gasteiger charge is 2.40. The van der Waals surface area contributed by atoms with Crippen molar-refractivity contribution in [3.05, 3.63) is 41.6 Å². The quantitative estimate of drug-likeness (QED) is 0.741. The van der Waals surface area contributed by atoms with E-state index in [1.807, 2.05) is 25.3 Å². The Balaban J connectivity index is 1.25. The highest BCUT2D eigenvalue weighted by molar-refractivity contribution is 6.01. The molecule has 3 fully saturated rings. The van der Waals surface area contributed by atoms with Crippen LogP contribution in [0.3, 0.4) is 0 Å². The molecule has 3 heterocycles. The van der Waals surface area contributed by atoms with E-state index in [1.54, 1.807) is 4.90 Å². The Hall–Kier alpha value is -2.38. The number of hydrogen-bond donors (Lipinski definition) is 1. The number of allylic oxidation sites excluding steroid dienone is 1. The molecular weight excluding hydrogens is 418 g/mol. The van der Waals surface area contributed by atoms with Crippen LogP contribution in [-0.4, -0.2) is 65.6 Å². The lowest BCUT2D eigenvalue weighted by atomic mass is 9.92. The Morgan fingerprint density at radius 1 is 1.15 bits per heavy atom. The minimum atomic E-state index is -0.434. The van der Waals surface area contributed by atoms with Gasteiger partial charge in [0.05, 0.1) is 5.60 Å². The van der Waals surface area contributed by atoms with Crippen LogP contribution in [0.4, 0.5) is 0 Å². The fourth-order valence-corrected chi connectivity index (χ4v) is 5.87. The molecule has 0 radical (unpaired) electrons. The van der Waals surface area contributed by atoms with Gasteiger partial charge < -0.3 is 19.7 Å². The highest BCUT2D eigenvalue weighted by Crippen LogP contribution is 2.35. The fourth-order valence-electron chi connectivity index (χ4n) is 5.87. The Morgan fingerprint density at radius 3 is 2.67 bits per heavy atom. The minimum Gasteiger partial charge on any atom is -0.489 e. The maximum Gasteiger partial charge on any atom is 0.255 e. The summed E-state index contributed by atoms with van der Waals surface area (Å²) in [5, 5.41) is 2.79. The molecule has 1 aliphatic carbocycles. The number of benzene rings is 1. The summed E-state index contributed by atoms with van der Waals surface area (Å²) < 4.78 is 12.2. The molecule has 3 atom stereocenters. The summed E-state index contributed by atoms with van der Waals surface area (Å²) in [7, 11) is 1.81. The van der Waals surface area contributed by atoms with Gasteiger partial charge in [-0.3, -0.25) is 14.5 Å². The summed E-state index contributed by atoms with van der Waals surface area (Å²) in [5.74, 6) is 0.613. The van der Waals surface area contributed by atoms with E-state index >= 15 is 0 Å². The van der Waals surface area contributed by atoms with Crippen LogP contribution < -0.4 is 10.1 Å². The Bertz CT molecular complexity index is 953. The van der Waals surface area contributed by atoms with Gasteiger partial charge in [0.25, 0.3) is 5.91 Å². The number of carbonyl (C=O) groups excluding carboxylic acids is 2. The molecule has 1 aromatic carbocycles. The number of ether oxygens (including phenoxy) is 2. The van der Waals surface area contributed by atoms with Crippen molar-refractivity contribution in [1.82, 2.24) is 15.1 Å². The summed E-state index contributed by atoms with van der Waals surface area (Å²) in [6, 6.07) is 5.77. The van der Waals surface area contributed by atoms with Crippen LogP contribution in [0, 0.1) is 0 Å². The number of piperidine rings is 2. The molecule has 5 rings (SSSR count). The molecule has 7 heteroatoms.